The van der Waals surface area contributed by atoms with Gasteiger partial charge in [0.1, 0.15) is 5.75 Å². The summed E-state index contributed by atoms with van der Waals surface area (Å²) >= 11 is 0. The zero-order valence-electron chi connectivity index (χ0n) is 11.9. The molecular formula is C16H16N2O3. The third kappa shape index (κ3) is 3.60. The van der Waals surface area contributed by atoms with Crippen LogP contribution in [-0.2, 0) is 4.79 Å². The van der Waals surface area contributed by atoms with E-state index >= 15 is 0 Å². The fourth-order valence-corrected chi connectivity index (χ4v) is 1.83. The van der Waals surface area contributed by atoms with Gasteiger partial charge in [-0.05, 0) is 36.4 Å². The number of benzene rings is 2. The fraction of sp³-hybridized carbons (Fsp3) is 0.125. The predicted molar refractivity (Wildman–Crippen MR) is 80.1 cm³/mol. The molecule has 108 valence electrons. The molecule has 0 aliphatic carbocycles. The highest BCUT2D eigenvalue weighted by atomic mass is 16.5. The minimum atomic E-state index is -0.320. The van der Waals surface area contributed by atoms with Crippen molar-refractivity contribution in [3.63, 3.8) is 0 Å². The summed E-state index contributed by atoms with van der Waals surface area (Å²) < 4.78 is 5.06. The van der Waals surface area contributed by atoms with Gasteiger partial charge in [0.2, 0.25) is 5.91 Å². The first-order valence-electron chi connectivity index (χ1n) is 6.42. The number of hydrogen-bond donors (Lipinski definition) is 1. The van der Waals surface area contributed by atoms with Crippen molar-refractivity contribution in [2.24, 2.45) is 0 Å². The standard InChI is InChI=1S/C16H16N2O3/c1-12(19)17-18(14-6-4-3-5-7-14)16(20)13-8-10-15(21-2)11-9-13/h3-11H,1-2H3,(H,17,19). The number of hydrazine groups is 1. The van der Waals surface area contributed by atoms with Crippen molar-refractivity contribution in [1.29, 1.82) is 0 Å². The number of carbonyl (C=O) groups excluding carboxylic acids is 2. The first-order valence-corrected chi connectivity index (χ1v) is 6.42. The molecule has 2 rings (SSSR count). The molecule has 0 aliphatic heterocycles. The highest BCUT2D eigenvalue weighted by Crippen LogP contribution is 2.17. The number of rotatable bonds is 3. The van der Waals surface area contributed by atoms with Gasteiger partial charge in [0.05, 0.1) is 12.8 Å². The lowest BCUT2D eigenvalue weighted by Gasteiger charge is -2.22. The molecule has 1 N–H and O–H groups in total. The SMILES string of the molecule is COc1ccc(C(=O)N(NC(C)=O)c2ccccc2)cc1. The Balaban J connectivity index is 2.31. The van der Waals surface area contributed by atoms with Gasteiger partial charge in [-0.2, -0.15) is 0 Å². The Morgan fingerprint density at radius 3 is 2.14 bits per heavy atom. The summed E-state index contributed by atoms with van der Waals surface area (Å²) in [4.78, 5) is 23.9. The van der Waals surface area contributed by atoms with E-state index in [1.54, 1.807) is 55.6 Å². The summed E-state index contributed by atoms with van der Waals surface area (Å²) in [5.41, 5.74) is 3.58. The summed E-state index contributed by atoms with van der Waals surface area (Å²) in [6.07, 6.45) is 0. The maximum atomic E-state index is 12.6. The van der Waals surface area contributed by atoms with Crippen molar-refractivity contribution in [3.05, 3.63) is 60.2 Å². The van der Waals surface area contributed by atoms with Crippen LogP contribution in [0.2, 0.25) is 0 Å². The molecule has 0 heterocycles. The van der Waals surface area contributed by atoms with E-state index < -0.39 is 0 Å². The molecule has 0 spiro atoms. The van der Waals surface area contributed by atoms with E-state index in [1.165, 1.54) is 11.9 Å². The van der Waals surface area contributed by atoms with Crippen LogP contribution in [0.3, 0.4) is 0 Å². The Morgan fingerprint density at radius 2 is 1.62 bits per heavy atom. The number of hydrogen-bond acceptors (Lipinski definition) is 3. The van der Waals surface area contributed by atoms with Crippen LogP contribution in [0.4, 0.5) is 5.69 Å². The van der Waals surface area contributed by atoms with Gasteiger partial charge in [-0.15, -0.1) is 0 Å². The molecule has 0 radical (unpaired) electrons. The van der Waals surface area contributed by atoms with Crippen LogP contribution in [-0.4, -0.2) is 18.9 Å². The van der Waals surface area contributed by atoms with Gasteiger partial charge < -0.3 is 4.74 Å². The molecule has 0 saturated carbocycles. The second kappa shape index (κ2) is 6.56. The highest BCUT2D eigenvalue weighted by molar-refractivity contribution is 6.07. The number of carbonyl (C=O) groups is 2. The number of nitrogens with one attached hydrogen (secondary N) is 1. The van der Waals surface area contributed by atoms with Gasteiger partial charge in [-0.1, -0.05) is 18.2 Å². The van der Waals surface area contributed by atoms with E-state index in [9.17, 15) is 9.59 Å². The maximum absolute atomic E-state index is 12.6. The lowest BCUT2D eigenvalue weighted by Crippen LogP contribution is -2.45. The zero-order valence-corrected chi connectivity index (χ0v) is 11.9. The monoisotopic (exact) mass is 284 g/mol. The number of ether oxygens (including phenoxy) is 1. The van der Waals surface area contributed by atoms with Crippen LogP contribution in [0.15, 0.2) is 54.6 Å². The third-order valence-corrected chi connectivity index (χ3v) is 2.82. The summed E-state index contributed by atoms with van der Waals surface area (Å²) in [6, 6.07) is 15.6. The molecule has 2 amide bonds. The molecular weight excluding hydrogens is 268 g/mol. The maximum Gasteiger partial charge on any atom is 0.277 e. The molecule has 2 aromatic carbocycles. The number of nitrogens with zero attached hydrogens (tertiary/aromatic N) is 1. The normalized spacial score (nSPS) is 9.81. The molecule has 0 aromatic heterocycles. The average molecular weight is 284 g/mol. The van der Waals surface area contributed by atoms with Crippen LogP contribution in [0.25, 0.3) is 0 Å². The largest absolute Gasteiger partial charge is 0.497 e. The van der Waals surface area contributed by atoms with Gasteiger partial charge in [0.15, 0.2) is 0 Å². The van der Waals surface area contributed by atoms with Crippen molar-refractivity contribution in [2.45, 2.75) is 6.92 Å². The van der Waals surface area contributed by atoms with Gasteiger partial charge in [-0.25, -0.2) is 5.01 Å². The lowest BCUT2D eigenvalue weighted by molar-refractivity contribution is -0.119. The average Bonchev–Trinajstić information content (AvgIpc) is 2.53. The Labute approximate surface area is 123 Å². The Kier molecular flexibility index (Phi) is 4.56. The zero-order chi connectivity index (χ0) is 15.2. The van der Waals surface area contributed by atoms with Crippen molar-refractivity contribution >= 4 is 17.5 Å². The van der Waals surface area contributed by atoms with Crippen LogP contribution in [0.1, 0.15) is 17.3 Å². The smallest absolute Gasteiger partial charge is 0.277 e. The van der Waals surface area contributed by atoms with Crippen LogP contribution >= 0.6 is 0 Å². The van der Waals surface area contributed by atoms with Crippen molar-refractivity contribution in [1.82, 2.24) is 5.43 Å². The second-order valence-corrected chi connectivity index (χ2v) is 4.37. The summed E-state index contributed by atoms with van der Waals surface area (Å²) in [6.45, 7) is 1.36. The number of anilines is 1. The fourth-order valence-electron chi connectivity index (χ4n) is 1.83. The predicted octanol–water partition coefficient (Wildman–Crippen LogP) is 2.39. The van der Waals surface area contributed by atoms with Gasteiger partial charge in [-0.3, -0.25) is 15.0 Å². The molecule has 0 fully saturated rings. The van der Waals surface area contributed by atoms with Crippen LogP contribution in [0, 0.1) is 0 Å². The topological polar surface area (TPSA) is 58.6 Å². The molecule has 5 nitrogen and oxygen atoms in total. The van der Waals surface area contributed by atoms with Crippen molar-refractivity contribution in [3.8, 4) is 5.75 Å². The Hall–Kier alpha value is -2.82. The van der Waals surface area contributed by atoms with E-state index in [-0.39, 0.29) is 11.8 Å². The molecule has 0 aliphatic rings. The van der Waals surface area contributed by atoms with Crippen molar-refractivity contribution < 1.29 is 14.3 Å². The quantitative estimate of drug-likeness (QED) is 0.880. The first kappa shape index (κ1) is 14.6. The lowest BCUT2D eigenvalue weighted by atomic mass is 10.2. The van der Waals surface area contributed by atoms with E-state index in [4.69, 9.17) is 4.74 Å². The summed E-state index contributed by atoms with van der Waals surface area (Å²) in [5, 5.41) is 1.23. The number of amides is 2. The summed E-state index contributed by atoms with van der Waals surface area (Å²) in [5.74, 6) is 0.0251. The third-order valence-electron chi connectivity index (χ3n) is 2.82. The minimum absolute atomic E-state index is 0.319. The Morgan fingerprint density at radius 1 is 1.00 bits per heavy atom. The van der Waals surface area contributed by atoms with Gasteiger partial charge in [0, 0.05) is 12.5 Å². The highest BCUT2D eigenvalue weighted by Gasteiger charge is 2.18. The first-order chi connectivity index (χ1) is 10.1. The van der Waals surface area contributed by atoms with E-state index in [2.05, 4.69) is 5.43 Å². The second-order valence-electron chi connectivity index (χ2n) is 4.37. The van der Waals surface area contributed by atoms with Gasteiger partial charge in [0.25, 0.3) is 5.91 Å². The molecule has 0 unspecified atom stereocenters. The minimum Gasteiger partial charge on any atom is -0.497 e. The number of para-hydroxylation sites is 1. The van der Waals surface area contributed by atoms with Gasteiger partial charge >= 0.3 is 0 Å². The summed E-state index contributed by atoms with van der Waals surface area (Å²) in [7, 11) is 1.56. The van der Waals surface area contributed by atoms with E-state index in [1.807, 2.05) is 6.07 Å². The molecule has 2 aromatic rings. The van der Waals surface area contributed by atoms with E-state index in [0.717, 1.165) is 0 Å². The molecule has 21 heavy (non-hydrogen) atoms. The number of methoxy groups -OCH3 is 1. The molecule has 0 atom stereocenters. The molecule has 5 heteroatoms. The molecule has 0 bridgehead atoms. The van der Waals surface area contributed by atoms with Crippen LogP contribution in [0.5, 0.6) is 5.75 Å². The van der Waals surface area contributed by atoms with E-state index in [0.29, 0.717) is 17.0 Å². The molecule has 0 saturated heterocycles. The van der Waals surface area contributed by atoms with Crippen LogP contribution < -0.4 is 15.2 Å². The Bertz CT molecular complexity index is 624. The van der Waals surface area contributed by atoms with Crippen molar-refractivity contribution in [2.75, 3.05) is 12.1 Å².